The van der Waals surface area contributed by atoms with Crippen LogP contribution in [0.4, 0.5) is 0 Å². The third-order valence-corrected chi connectivity index (χ3v) is 3.21. The molecule has 1 aliphatic rings. The van der Waals surface area contributed by atoms with Gasteiger partial charge >= 0.3 is 0 Å². The minimum Gasteiger partial charge on any atom is -0.493 e. The van der Waals surface area contributed by atoms with Crippen molar-refractivity contribution in [2.24, 2.45) is 0 Å². The largest absolute Gasteiger partial charge is 0.493 e. The van der Waals surface area contributed by atoms with E-state index >= 15 is 0 Å². The van der Waals surface area contributed by atoms with E-state index in [0.29, 0.717) is 12.6 Å². The minimum absolute atomic E-state index is 0.472. The minimum atomic E-state index is 0.472. The molecule has 0 unspecified atom stereocenters. The maximum Gasteiger partial charge on any atom is 0.161 e. The van der Waals surface area contributed by atoms with Crippen LogP contribution in [0.1, 0.15) is 6.92 Å². The molecular formula is C14H21NO3. The second-order valence-electron chi connectivity index (χ2n) is 4.46. The molecular weight excluding hydrogens is 230 g/mol. The van der Waals surface area contributed by atoms with Crippen LogP contribution in [0.3, 0.4) is 0 Å². The van der Waals surface area contributed by atoms with Crippen molar-refractivity contribution in [2.45, 2.75) is 13.0 Å². The molecule has 0 amide bonds. The molecule has 0 aromatic heterocycles. The molecule has 1 aromatic rings. The van der Waals surface area contributed by atoms with Gasteiger partial charge in [0, 0.05) is 19.1 Å². The molecule has 4 heteroatoms. The standard InChI is InChI=1S/C14H21NO3/c1-12-11-17-9-7-15(12)8-10-18-14-6-4-3-5-13(14)16-2/h3-6,12H,7-11H2,1-2H3/t12-/m0/s1. The van der Waals surface area contributed by atoms with Gasteiger partial charge in [-0.3, -0.25) is 4.90 Å². The number of methoxy groups -OCH3 is 1. The van der Waals surface area contributed by atoms with Gasteiger partial charge in [0.2, 0.25) is 0 Å². The molecule has 2 rings (SSSR count). The van der Waals surface area contributed by atoms with Gasteiger partial charge in [-0.1, -0.05) is 12.1 Å². The van der Waals surface area contributed by atoms with Crippen LogP contribution in [-0.2, 0) is 4.74 Å². The number of hydrogen-bond donors (Lipinski definition) is 0. The normalized spacial score (nSPS) is 20.7. The van der Waals surface area contributed by atoms with Crippen molar-refractivity contribution in [3.63, 3.8) is 0 Å². The molecule has 1 atom stereocenters. The van der Waals surface area contributed by atoms with Crippen molar-refractivity contribution in [3.8, 4) is 11.5 Å². The summed E-state index contributed by atoms with van der Waals surface area (Å²) in [6.45, 7) is 6.39. The molecule has 1 fully saturated rings. The van der Waals surface area contributed by atoms with E-state index in [-0.39, 0.29) is 0 Å². The topological polar surface area (TPSA) is 30.9 Å². The van der Waals surface area contributed by atoms with E-state index in [1.54, 1.807) is 7.11 Å². The highest BCUT2D eigenvalue weighted by molar-refractivity contribution is 5.39. The van der Waals surface area contributed by atoms with E-state index in [2.05, 4.69) is 11.8 Å². The summed E-state index contributed by atoms with van der Waals surface area (Å²) in [6, 6.07) is 8.21. The van der Waals surface area contributed by atoms with Crippen LogP contribution < -0.4 is 9.47 Å². The van der Waals surface area contributed by atoms with Crippen LogP contribution in [-0.4, -0.2) is 51.0 Å². The molecule has 1 aromatic carbocycles. The van der Waals surface area contributed by atoms with Gasteiger partial charge in [-0.15, -0.1) is 0 Å². The summed E-state index contributed by atoms with van der Waals surface area (Å²) in [5.74, 6) is 1.59. The molecule has 0 radical (unpaired) electrons. The van der Waals surface area contributed by atoms with E-state index in [9.17, 15) is 0 Å². The Kier molecular flexibility index (Phi) is 4.84. The van der Waals surface area contributed by atoms with Gasteiger partial charge in [0.05, 0.1) is 20.3 Å². The first-order chi connectivity index (χ1) is 8.81. The number of rotatable bonds is 5. The van der Waals surface area contributed by atoms with Crippen molar-refractivity contribution in [1.82, 2.24) is 4.90 Å². The lowest BCUT2D eigenvalue weighted by atomic mass is 10.2. The first-order valence-corrected chi connectivity index (χ1v) is 6.39. The maximum atomic E-state index is 5.77. The SMILES string of the molecule is COc1ccccc1OCCN1CCOC[C@@H]1C. The van der Waals surface area contributed by atoms with Gasteiger partial charge in [-0.05, 0) is 19.1 Å². The summed E-state index contributed by atoms with van der Waals surface area (Å²) >= 11 is 0. The summed E-state index contributed by atoms with van der Waals surface area (Å²) in [4.78, 5) is 2.39. The van der Waals surface area contributed by atoms with Crippen molar-refractivity contribution >= 4 is 0 Å². The lowest BCUT2D eigenvalue weighted by Gasteiger charge is -2.32. The highest BCUT2D eigenvalue weighted by Gasteiger charge is 2.18. The molecule has 1 heterocycles. The number of para-hydroxylation sites is 2. The number of ether oxygens (including phenoxy) is 3. The van der Waals surface area contributed by atoms with Gasteiger partial charge in [-0.25, -0.2) is 0 Å². The third-order valence-electron chi connectivity index (χ3n) is 3.21. The number of nitrogens with zero attached hydrogens (tertiary/aromatic N) is 1. The zero-order valence-electron chi connectivity index (χ0n) is 11.1. The number of hydrogen-bond acceptors (Lipinski definition) is 4. The van der Waals surface area contributed by atoms with E-state index in [1.165, 1.54) is 0 Å². The Hall–Kier alpha value is -1.26. The fraction of sp³-hybridized carbons (Fsp3) is 0.571. The predicted octanol–water partition coefficient (Wildman–Crippen LogP) is 1.79. The predicted molar refractivity (Wildman–Crippen MR) is 70.3 cm³/mol. The van der Waals surface area contributed by atoms with E-state index in [4.69, 9.17) is 14.2 Å². The van der Waals surface area contributed by atoms with Gasteiger partial charge in [0.1, 0.15) is 6.61 Å². The third kappa shape index (κ3) is 3.37. The molecule has 0 saturated carbocycles. The van der Waals surface area contributed by atoms with Crippen LogP contribution in [0.25, 0.3) is 0 Å². The van der Waals surface area contributed by atoms with Crippen molar-refractivity contribution < 1.29 is 14.2 Å². The van der Waals surface area contributed by atoms with Crippen LogP contribution in [0.2, 0.25) is 0 Å². The summed E-state index contributed by atoms with van der Waals surface area (Å²) < 4.78 is 16.4. The van der Waals surface area contributed by atoms with Crippen molar-refractivity contribution in [3.05, 3.63) is 24.3 Å². The van der Waals surface area contributed by atoms with E-state index < -0.39 is 0 Å². The Morgan fingerprint density at radius 2 is 2.11 bits per heavy atom. The molecule has 0 spiro atoms. The lowest BCUT2D eigenvalue weighted by Crippen LogP contribution is -2.45. The summed E-state index contributed by atoms with van der Waals surface area (Å²) in [5, 5.41) is 0. The molecule has 0 aliphatic carbocycles. The van der Waals surface area contributed by atoms with Gasteiger partial charge in [0.15, 0.2) is 11.5 Å². The molecule has 18 heavy (non-hydrogen) atoms. The van der Waals surface area contributed by atoms with Crippen molar-refractivity contribution in [2.75, 3.05) is 40.0 Å². The Bertz CT molecular complexity index is 370. The van der Waals surface area contributed by atoms with Crippen LogP contribution in [0.5, 0.6) is 11.5 Å². The summed E-state index contributed by atoms with van der Waals surface area (Å²) in [6.07, 6.45) is 0. The average molecular weight is 251 g/mol. The Balaban J connectivity index is 1.80. The molecule has 0 bridgehead atoms. The number of benzene rings is 1. The van der Waals surface area contributed by atoms with Crippen LogP contribution >= 0.6 is 0 Å². The molecule has 1 aliphatic heterocycles. The first-order valence-electron chi connectivity index (χ1n) is 6.39. The van der Waals surface area contributed by atoms with Crippen LogP contribution in [0, 0.1) is 0 Å². The summed E-state index contributed by atoms with van der Waals surface area (Å²) in [7, 11) is 1.66. The van der Waals surface area contributed by atoms with E-state index in [0.717, 1.165) is 37.8 Å². The second-order valence-corrected chi connectivity index (χ2v) is 4.46. The Labute approximate surface area is 108 Å². The van der Waals surface area contributed by atoms with Crippen molar-refractivity contribution in [1.29, 1.82) is 0 Å². The quantitative estimate of drug-likeness (QED) is 0.798. The maximum absolute atomic E-state index is 5.77. The summed E-state index contributed by atoms with van der Waals surface area (Å²) in [5.41, 5.74) is 0. The second kappa shape index (κ2) is 6.61. The highest BCUT2D eigenvalue weighted by atomic mass is 16.5. The first kappa shape index (κ1) is 13.2. The fourth-order valence-corrected chi connectivity index (χ4v) is 2.10. The average Bonchev–Trinajstić information content (AvgIpc) is 2.41. The smallest absolute Gasteiger partial charge is 0.161 e. The van der Waals surface area contributed by atoms with Gasteiger partial charge < -0.3 is 14.2 Å². The highest BCUT2D eigenvalue weighted by Crippen LogP contribution is 2.25. The fourth-order valence-electron chi connectivity index (χ4n) is 2.10. The number of morpholine rings is 1. The lowest BCUT2D eigenvalue weighted by molar-refractivity contribution is -0.00524. The molecule has 100 valence electrons. The van der Waals surface area contributed by atoms with Crippen LogP contribution in [0.15, 0.2) is 24.3 Å². The Morgan fingerprint density at radius 1 is 1.33 bits per heavy atom. The molecule has 0 N–H and O–H groups in total. The zero-order chi connectivity index (χ0) is 12.8. The Morgan fingerprint density at radius 3 is 2.83 bits per heavy atom. The van der Waals surface area contributed by atoms with E-state index in [1.807, 2.05) is 24.3 Å². The van der Waals surface area contributed by atoms with Gasteiger partial charge in [-0.2, -0.15) is 0 Å². The molecule has 4 nitrogen and oxygen atoms in total. The van der Waals surface area contributed by atoms with Gasteiger partial charge in [0.25, 0.3) is 0 Å². The molecule has 1 saturated heterocycles. The zero-order valence-corrected chi connectivity index (χ0v) is 11.1. The monoisotopic (exact) mass is 251 g/mol.